The number of hydrogen-bond acceptors (Lipinski definition) is 3. The summed E-state index contributed by atoms with van der Waals surface area (Å²) in [5.74, 6) is 2.44. The summed E-state index contributed by atoms with van der Waals surface area (Å²) in [5.41, 5.74) is 2.41. The Morgan fingerprint density at radius 2 is 1.24 bits per heavy atom. The number of rotatable bonds is 7. The first-order chi connectivity index (χ1) is 15.4. The SMILES string of the molecule is COc1ccc([C@@H](O[C@H]2CC3CCC2(C)C3(C)C)[C@@H](C)O[C@H]2CC3CCC2(C)C3(C)C)cc1. The van der Waals surface area contributed by atoms with Gasteiger partial charge in [-0.05, 0) is 96.6 Å². The highest BCUT2D eigenvalue weighted by Crippen LogP contribution is 2.68. The molecule has 4 aliphatic carbocycles. The first-order valence-electron chi connectivity index (χ1n) is 13.4. The molecule has 4 saturated carbocycles. The quantitative estimate of drug-likeness (QED) is 0.425. The van der Waals surface area contributed by atoms with Crippen LogP contribution in [0.3, 0.4) is 0 Å². The van der Waals surface area contributed by atoms with E-state index in [0.29, 0.717) is 16.9 Å². The van der Waals surface area contributed by atoms with E-state index in [0.717, 1.165) is 17.6 Å². The second-order valence-corrected chi connectivity index (χ2v) is 13.4. The minimum absolute atomic E-state index is 0.0150. The van der Waals surface area contributed by atoms with E-state index in [4.69, 9.17) is 14.2 Å². The minimum Gasteiger partial charge on any atom is -0.497 e. The van der Waals surface area contributed by atoms with Gasteiger partial charge >= 0.3 is 0 Å². The van der Waals surface area contributed by atoms with E-state index in [-0.39, 0.29) is 29.1 Å². The van der Waals surface area contributed by atoms with Gasteiger partial charge in [0.05, 0.1) is 25.4 Å². The van der Waals surface area contributed by atoms with Gasteiger partial charge in [0.1, 0.15) is 11.9 Å². The maximum absolute atomic E-state index is 7.11. The fraction of sp³-hybridized carbons (Fsp3) is 0.800. The molecule has 0 aliphatic heterocycles. The van der Waals surface area contributed by atoms with Crippen LogP contribution in [0.25, 0.3) is 0 Å². The highest BCUT2D eigenvalue weighted by Gasteiger charge is 2.64. The van der Waals surface area contributed by atoms with Gasteiger partial charge < -0.3 is 14.2 Å². The summed E-state index contributed by atoms with van der Waals surface area (Å²) in [7, 11) is 1.73. The first kappa shape index (κ1) is 23.7. The molecule has 3 nitrogen and oxygen atoms in total. The molecule has 8 atom stereocenters. The highest BCUT2D eigenvalue weighted by atomic mass is 16.6. The van der Waals surface area contributed by atoms with Gasteiger partial charge in [0.25, 0.3) is 0 Å². The summed E-state index contributed by atoms with van der Waals surface area (Å²) in [5, 5.41) is 0. The van der Waals surface area contributed by atoms with E-state index in [9.17, 15) is 0 Å². The van der Waals surface area contributed by atoms with Crippen LogP contribution in [0.4, 0.5) is 0 Å². The van der Waals surface area contributed by atoms with E-state index in [1.165, 1.54) is 44.1 Å². The molecule has 1 aromatic rings. The van der Waals surface area contributed by atoms with Crippen molar-refractivity contribution in [1.82, 2.24) is 0 Å². The van der Waals surface area contributed by atoms with Gasteiger partial charge in [0.15, 0.2) is 0 Å². The molecule has 0 spiro atoms. The standard InChI is InChI=1S/C30H46O3/c1-19(32-24-17-21-13-15-29(24,6)27(21,2)3)26(20-9-11-23(31-8)12-10-20)33-25-18-22-14-16-30(25,7)28(22,4)5/h9-12,19,21-22,24-26H,13-18H2,1-8H3/t19-,21?,22?,24+,25+,26+,29?,30?/m1/s1. The van der Waals surface area contributed by atoms with Crippen LogP contribution in [0.5, 0.6) is 5.75 Å². The predicted molar refractivity (Wildman–Crippen MR) is 133 cm³/mol. The molecule has 5 rings (SSSR count). The molecule has 33 heavy (non-hydrogen) atoms. The van der Waals surface area contributed by atoms with Crippen LogP contribution in [0.1, 0.15) is 98.7 Å². The van der Waals surface area contributed by atoms with Crippen molar-refractivity contribution in [1.29, 1.82) is 0 Å². The van der Waals surface area contributed by atoms with Gasteiger partial charge in [-0.1, -0.05) is 53.7 Å². The fourth-order valence-electron chi connectivity index (χ4n) is 8.43. The Hall–Kier alpha value is -1.06. The van der Waals surface area contributed by atoms with Crippen LogP contribution in [0, 0.1) is 33.5 Å². The second-order valence-electron chi connectivity index (χ2n) is 13.4. The number of fused-ring (bicyclic) bond motifs is 4. The number of methoxy groups -OCH3 is 1. The van der Waals surface area contributed by atoms with Crippen molar-refractivity contribution >= 4 is 0 Å². The fourth-order valence-corrected chi connectivity index (χ4v) is 8.43. The molecule has 0 saturated heterocycles. The van der Waals surface area contributed by atoms with E-state index < -0.39 is 0 Å². The van der Waals surface area contributed by atoms with Crippen LogP contribution < -0.4 is 4.74 Å². The summed E-state index contributed by atoms with van der Waals surface area (Å²) in [6.07, 6.45) is 8.20. The Morgan fingerprint density at radius 3 is 1.64 bits per heavy atom. The summed E-state index contributed by atoms with van der Waals surface area (Å²) < 4.78 is 19.5. The van der Waals surface area contributed by atoms with Crippen molar-refractivity contribution in [2.75, 3.05) is 7.11 Å². The van der Waals surface area contributed by atoms with Gasteiger partial charge in [-0.25, -0.2) is 0 Å². The van der Waals surface area contributed by atoms with Crippen molar-refractivity contribution in [2.24, 2.45) is 33.5 Å². The average Bonchev–Trinajstić information content (AvgIpc) is 3.29. The van der Waals surface area contributed by atoms with Gasteiger partial charge in [-0.3, -0.25) is 0 Å². The monoisotopic (exact) mass is 454 g/mol. The number of ether oxygens (including phenoxy) is 3. The Bertz CT molecular complexity index is 873. The predicted octanol–water partition coefficient (Wildman–Crippen LogP) is 7.59. The highest BCUT2D eigenvalue weighted by molar-refractivity contribution is 5.29. The smallest absolute Gasteiger partial charge is 0.118 e. The first-order valence-corrected chi connectivity index (χ1v) is 13.4. The summed E-state index contributed by atoms with van der Waals surface area (Å²) in [6.45, 7) is 17.1. The van der Waals surface area contributed by atoms with Crippen molar-refractivity contribution in [3.05, 3.63) is 29.8 Å². The largest absolute Gasteiger partial charge is 0.497 e. The van der Waals surface area contributed by atoms with E-state index in [1.807, 2.05) is 0 Å². The normalized spacial score (nSPS) is 41.9. The lowest BCUT2D eigenvalue weighted by atomic mass is 9.70. The third-order valence-electron chi connectivity index (χ3n) is 12.0. The maximum atomic E-state index is 7.11. The molecular weight excluding hydrogens is 408 g/mol. The molecule has 0 amide bonds. The molecule has 3 heteroatoms. The van der Waals surface area contributed by atoms with Crippen molar-refractivity contribution < 1.29 is 14.2 Å². The van der Waals surface area contributed by atoms with Crippen molar-refractivity contribution in [2.45, 2.75) is 111 Å². The molecule has 1 aromatic carbocycles. The van der Waals surface area contributed by atoms with Crippen molar-refractivity contribution in [3.63, 3.8) is 0 Å². The minimum atomic E-state index is -0.0567. The van der Waals surface area contributed by atoms with Crippen molar-refractivity contribution in [3.8, 4) is 5.75 Å². The van der Waals surface area contributed by atoms with E-state index in [1.54, 1.807) is 7.11 Å². The topological polar surface area (TPSA) is 27.7 Å². The lowest BCUT2D eigenvalue weighted by Crippen LogP contribution is -2.42. The summed E-state index contributed by atoms with van der Waals surface area (Å²) >= 11 is 0. The van der Waals surface area contributed by atoms with E-state index >= 15 is 0 Å². The molecule has 4 unspecified atom stereocenters. The van der Waals surface area contributed by atoms with Crippen LogP contribution in [0.2, 0.25) is 0 Å². The molecule has 0 N–H and O–H groups in total. The zero-order valence-electron chi connectivity index (χ0n) is 22.2. The molecule has 184 valence electrons. The van der Waals surface area contributed by atoms with Gasteiger partial charge in [0.2, 0.25) is 0 Å². The Morgan fingerprint density at radius 1 is 0.758 bits per heavy atom. The maximum Gasteiger partial charge on any atom is 0.118 e. The summed E-state index contributed by atoms with van der Waals surface area (Å²) in [6, 6.07) is 8.48. The Labute approximate surface area is 202 Å². The average molecular weight is 455 g/mol. The molecule has 0 heterocycles. The number of benzene rings is 1. The van der Waals surface area contributed by atoms with Crippen LogP contribution >= 0.6 is 0 Å². The lowest BCUT2D eigenvalue weighted by molar-refractivity contribution is -0.168. The molecule has 4 fully saturated rings. The molecular formula is C30H46O3. The number of hydrogen-bond donors (Lipinski definition) is 0. The summed E-state index contributed by atoms with van der Waals surface area (Å²) in [4.78, 5) is 0. The Balaban J connectivity index is 1.40. The third-order valence-corrected chi connectivity index (χ3v) is 12.0. The molecule has 4 bridgehead atoms. The van der Waals surface area contributed by atoms with E-state index in [2.05, 4.69) is 72.7 Å². The van der Waals surface area contributed by atoms with Crippen LogP contribution in [-0.2, 0) is 9.47 Å². The van der Waals surface area contributed by atoms with Crippen LogP contribution in [-0.4, -0.2) is 25.4 Å². The molecule has 0 aromatic heterocycles. The third kappa shape index (κ3) is 3.28. The zero-order chi connectivity index (χ0) is 23.8. The van der Waals surface area contributed by atoms with Gasteiger partial charge in [-0.15, -0.1) is 0 Å². The molecule has 0 radical (unpaired) electrons. The van der Waals surface area contributed by atoms with Gasteiger partial charge in [-0.2, -0.15) is 0 Å². The lowest BCUT2D eigenvalue weighted by Gasteiger charge is -2.43. The second kappa shape index (κ2) is 7.72. The zero-order valence-corrected chi connectivity index (χ0v) is 22.2. The Kier molecular flexibility index (Phi) is 5.54. The van der Waals surface area contributed by atoms with Gasteiger partial charge in [0, 0.05) is 0 Å². The molecule has 4 aliphatic rings. The van der Waals surface area contributed by atoms with Crippen LogP contribution in [0.15, 0.2) is 24.3 Å².